The predicted octanol–water partition coefficient (Wildman–Crippen LogP) is 3.04. The molecule has 3 rings (SSSR count). The van der Waals surface area contributed by atoms with Crippen molar-refractivity contribution in [2.24, 2.45) is 0 Å². The molecule has 1 aliphatic carbocycles. The Morgan fingerprint density at radius 3 is 2.70 bits per heavy atom. The molecule has 1 aliphatic heterocycles. The lowest BCUT2D eigenvalue weighted by molar-refractivity contribution is 0.566. The molecule has 0 amide bonds. The van der Waals surface area contributed by atoms with Crippen molar-refractivity contribution in [2.75, 3.05) is 23.3 Å². The van der Waals surface area contributed by atoms with E-state index in [1.165, 1.54) is 19.3 Å². The van der Waals surface area contributed by atoms with Crippen LogP contribution in [0.25, 0.3) is 0 Å². The number of piperidine rings is 1. The molecule has 2 heterocycles. The first-order valence-electron chi connectivity index (χ1n) is 7.39. The van der Waals surface area contributed by atoms with E-state index < -0.39 is 0 Å². The third kappa shape index (κ3) is 3.39. The Balaban J connectivity index is 1.73. The van der Waals surface area contributed by atoms with E-state index in [0.717, 1.165) is 32.4 Å². The van der Waals surface area contributed by atoms with Gasteiger partial charge in [0.1, 0.15) is 0 Å². The third-order valence-corrected chi connectivity index (χ3v) is 4.01. The summed E-state index contributed by atoms with van der Waals surface area (Å²) in [6.45, 7) is 2.01. The van der Waals surface area contributed by atoms with Gasteiger partial charge in [-0.3, -0.25) is 0 Å². The average molecular weight is 294 g/mol. The Morgan fingerprint density at radius 1 is 1.10 bits per heavy atom. The molecule has 0 saturated carbocycles. The largest absolute Gasteiger partial charge is 0.351 e. The second kappa shape index (κ2) is 6.39. The summed E-state index contributed by atoms with van der Waals surface area (Å²) in [5.41, 5.74) is 0. The molecule has 20 heavy (non-hydrogen) atoms. The standard InChI is InChI=1S/C14H20ClN5/c15-12-17-13(16-11-7-3-1-4-8-11)19-14(18-12)20-9-5-2-6-10-20/h1,3,11H,2,4-10H2,(H,16,17,18,19). The maximum Gasteiger partial charge on any atom is 0.231 e. The summed E-state index contributed by atoms with van der Waals surface area (Å²) in [4.78, 5) is 15.2. The minimum atomic E-state index is 0.273. The number of hydrogen-bond donors (Lipinski definition) is 1. The third-order valence-electron chi connectivity index (χ3n) is 3.84. The Kier molecular flexibility index (Phi) is 4.35. The van der Waals surface area contributed by atoms with Crippen molar-refractivity contribution < 1.29 is 0 Å². The summed E-state index contributed by atoms with van der Waals surface area (Å²) in [5, 5.41) is 3.65. The minimum absolute atomic E-state index is 0.273. The smallest absolute Gasteiger partial charge is 0.231 e. The van der Waals surface area contributed by atoms with Gasteiger partial charge in [-0.15, -0.1) is 0 Å². The first kappa shape index (κ1) is 13.6. The molecule has 108 valence electrons. The van der Waals surface area contributed by atoms with Crippen LogP contribution in [0.1, 0.15) is 38.5 Å². The number of allylic oxidation sites excluding steroid dienone is 1. The lowest BCUT2D eigenvalue weighted by atomic mass is 10.0. The highest BCUT2D eigenvalue weighted by atomic mass is 35.5. The van der Waals surface area contributed by atoms with Crippen LogP contribution in [-0.2, 0) is 0 Å². The summed E-state index contributed by atoms with van der Waals surface area (Å²) in [7, 11) is 0. The Labute approximate surface area is 124 Å². The van der Waals surface area contributed by atoms with Gasteiger partial charge in [0.2, 0.25) is 17.2 Å². The molecule has 1 aromatic heterocycles. The molecule has 1 N–H and O–H groups in total. The van der Waals surface area contributed by atoms with Crippen LogP contribution in [0.3, 0.4) is 0 Å². The number of nitrogens with one attached hydrogen (secondary N) is 1. The van der Waals surface area contributed by atoms with Crippen LogP contribution in [-0.4, -0.2) is 34.1 Å². The van der Waals surface area contributed by atoms with E-state index in [2.05, 4.69) is 37.3 Å². The summed E-state index contributed by atoms with van der Waals surface area (Å²) in [6.07, 6.45) is 11.3. The van der Waals surface area contributed by atoms with Crippen LogP contribution in [0.15, 0.2) is 12.2 Å². The molecule has 6 heteroatoms. The minimum Gasteiger partial charge on any atom is -0.351 e. The number of halogens is 1. The molecule has 1 saturated heterocycles. The van der Waals surface area contributed by atoms with Gasteiger partial charge in [0, 0.05) is 19.1 Å². The van der Waals surface area contributed by atoms with Gasteiger partial charge < -0.3 is 10.2 Å². The number of aromatic nitrogens is 3. The zero-order valence-corrected chi connectivity index (χ0v) is 12.3. The SMILES string of the molecule is Clc1nc(NC2CC=CCC2)nc(N2CCCCC2)n1. The maximum atomic E-state index is 6.04. The highest BCUT2D eigenvalue weighted by molar-refractivity contribution is 6.28. The topological polar surface area (TPSA) is 53.9 Å². The van der Waals surface area contributed by atoms with Crippen molar-refractivity contribution in [3.63, 3.8) is 0 Å². The van der Waals surface area contributed by atoms with Crippen LogP contribution >= 0.6 is 11.6 Å². The molecule has 1 aromatic rings. The van der Waals surface area contributed by atoms with Gasteiger partial charge in [-0.2, -0.15) is 15.0 Å². The summed E-state index contributed by atoms with van der Waals surface area (Å²) >= 11 is 6.04. The second-order valence-corrected chi connectivity index (χ2v) is 5.74. The van der Waals surface area contributed by atoms with Gasteiger partial charge in [0.25, 0.3) is 0 Å². The van der Waals surface area contributed by atoms with Crippen LogP contribution in [0.4, 0.5) is 11.9 Å². The zero-order chi connectivity index (χ0) is 13.8. The van der Waals surface area contributed by atoms with Crippen molar-refractivity contribution in [3.05, 3.63) is 17.4 Å². The summed E-state index contributed by atoms with van der Waals surface area (Å²) in [5.74, 6) is 1.31. The van der Waals surface area contributed by atoms with Crippen molar-refractivity contribution in [1.82, 2.24) is 15.0 Å². The van der Waals surface area contributed by atoms with Crippen LogP contribution in [0, 0.1) is 0 Å². The van der Waals surface area contributed by atoms with Crippen molar-refractivity contribution in [1.29, 1.82) is 0 Å². The predicted molar refractivity (Wildman–Crippen MR) is 81.3 cm³/mol. The van der Waals surface area contributed by atoms with E-state index in [0.29, 0.717) is 17.9 Å². The fourth-order valence-corrected chi connectivity index (χ4v) is 2.90. The second-order valence-electron chi connectivity index (χ2n) is 5.40. The quantitative estimate of drug-likeness (QED) is 0.868. The first-order valence-corrected chi connectivity index (χ1v) is 7.77. The highest BCUT2D eigenvalue weighted by Crippen LogP contribution is 2.20. The van der Waals surface area contributed by atoms with Crippen LogP contribution in [0.2, 0.25) is 5.28 Å². The van der Waals surface area contributed by atoms with E-state index in [9.17, 15) is 0 Å². The van der Waals surface area contributed by atoms with E-state index in [1.807, 2.05) is 0 Å². The van der Waals surface area contributed by atoms with E-state index in [-0.39, 0.29) is 5.28 Å². The fraction of sp³-hybridized carbons (Fsp3) is 0.643. The number of nitrogens with zero attached hydrogens (tertiary/aromatic N) is 4. The van der Waals surface area contributed by atoms with E-state index >= 15 is 0 Å². The lowest BCUT2D eigenvalue weighted by Gasteiger charge is -2.27. The molecule has 1 unspecified atom stereocenters. The van der Waals surface area contributed by atoms with Gasteiger partial charge >= 0.3 is 0 Å². The van der Waals surface area contributed by atoms with Crippen molar-refractivity contribution >= 4 is 23.5 Å². The van der Waals surface area contributed by atoms with Gasteiger partial charge in [-0.25, -0.2) is 0 Å². The molecule has 0 bridgehead atoms. The molecular weight excluding hydrogens is 274 g/mol. The molecule has 1 fully saturated rings. The van der Waals surface area contributed by atoms with Gasteiger partial charge in [0.15, 0.2) is 0 Å². The van der Waals surface area contributed by atoms with Gasteiger partial charge in [-0.05, 0) is 50.1 Å². The van der Waals surface area contributed by atoms with E-state index in [1.54, 1.807) is 0 Å². The molecule has 5 nitrogen and oxygen atoms in total. The average Bonchev–Trinajstić information content (AvgIpc) is 2.49. The Bertz CT molecular complexity index is 484. The summed E-state index contributed by atoms with van der Waals surface area (Å²) in [6, 6.07) is 0.396. The molecule has 0 radical (unpaired) electrons. The zero-order valence-electron chi connectivity index (χ0n) is 11.6. The van der Waals surface area contributed by atoms with Crippen LogP contribution < -0.4 is 10.2 Å². The molecular formula is C14H20ClN5. The molecule has 0 aromatic carbocycles. The number of anilines is 2. The van der Waals surface area contributed by atoms with Gasteiger partial charge in [-0.1, -0.05) is 12.2 Å². The first-order chi connectivity index (χ1) is 9.81. The maximum absolute atomic E-state index is 6.04. The fourth-order valence-electron chi connectivity index (χ4n) is 2.75. The lowest BCUT2D eigenvalue weighted by Crippen LogP contribution is -2.31. The van der Waals surface area contributed by atoms with Gasteiger partial charge in [0.05, 0.1) is 0 Å². The number of rotatable bonds is 3. The van der Waals surface area contributed by atoms with E-state index in [4.69, 9.17) is 11.6 Å². The van der Waals surface area contributed by atoms with Crippen LogP contribution in [0.5, 0.6) is 0 Å². The molecule has 2 aliphatic rings. The summed E-state index contributed by atoms with van der Waals surface area (Å²) < 4.78 is 0. The van der Waals surface area contributed by atoms with Crippen molar-refractivity contribution in [3.8, 4) is 0 Å². The number of hydrogen-bond acceptors (Lipinski definition) is 5. The Morgan fingerprint density at radius 2 is 1.95 bits per heavy atom. The highest BCUT2D eigenvalue weighted by Gasteiger charge is 2.17. The Hall–Kier alpha value is -1.36. The normalized spacial score (nSPS) is 22.9. The molecule has 1 atom stereocenters. The van der Waals surface area contributed by atoms with Crippen molar-refractivity contribution in [2.45, 2.75) is 44.6 Å². The monoisotopic (exact) mass is 293 g/mol. The molecule has 0 spiro atoms.